The van der Waals surface area contributed by atoms with Gasteiger partial charge in [-0.1, -0.05) is 11.6 Å². The highest BCUT2D eigenvalue weighted by Crippen LogP contribution is 2.18. The number of hydrogen-bond donors (Lipinski definition) is 2. The first-order valence-corrected chi connectivity index (χ1v) is 6.22. The Kier molecular flexibility index (Phi) is 4.34. The van der Waals surface area contributed by atoms with Gasteiger partial charge >= 0.3 is 11.8 Å². The lowest BCUT2D eigenvalue weighted by Gasteiger charge is -2.26. The van der Waals surface area contributed by atoms with E-state index in [1.807, 2.05) is 0 Å². The average molecular weight is 286 g/mol. The molecule has 1 heterocycles. The molecule has 0 radical (unpaired) electrons. The van der Waals surface area contributed by atoms with E-state index in [0.29, 0.717) is 26.2 Å². The molecule has 2 rings (SSSR count). The largest absolute Gasteiger partial charge is 0.332 e. The molecule has 1 aliphatic rings. The van der Waals surface area contributed by atoms with E-state index in [-0.39, 0.29) is 10.7 Å². The minimum absolute atomic E-state index is 0.0357. The first-order valence-electron chi connectivity index (χ1n) is 5.84. The Hall–Kier alpha value is -1.66. The third kappa shape index (κ3) is 3.42. The molecule has 2 N–H and O–H groups in total. The van der Waals surface area contributed by atoms with Gasteiger partial charge in [0.2, 0.25) is 0 Å². The summed E-state index contributed by atoms with van der Waals surface area (Å²) in [5.74, 6) is -2.03. The number of carbonyl (C=O) groups is 2. The van der Waals surface area contributed by atoms with Crippen LogP contribution in [0.15, 0.2) is 18.2 Å². The quantitative estimate of drug-likeness (QED) is 0.752. The van der Waals surface area contributed by atoms with Gasteiger partial charge in [-0.2, -0.15) is 0 Å². The zero-order chi connectivity index (χ0) is 13.8. The highest BCUT2D eigenvalue weighted by atomic mass is 35.5. The maximum Gasteiger partial charge on any atom is 0.313 e. The van der Waals surface area contributed by atoms with Crippen LogP contribution >= 0.6 is 11.6 Å². The maximum absolute atomic E-state index is 13.2. The summed E-state index contributed by atoms with van der Waals surface area (Å²) in [4.78, 5) is 25.0. The first kappa shape index (κ1) is 13.8. The van der Waals surface area contributed by atoms with Crippen molar-refractivity contribution in [3.8, 4) is 0 Å². The number of hydrogen-bond acceptors (Lipinski definition) is 3. The lowest BCUT2D eigenvalue weighted by molar-refractivity contribution is -0.143. The minimum Gasteiger partial charge on any atom is -0.332 e. The summed E-state index contributed by atoms with van der Waals surface area (Å²) in [5.41, 5.74) is 0.204. The van der Waals surface area contributed by atoms with Crippen LogP contribution in [-0.2, 0) is 9.59 Å². The number of nitrogens with one attached hydrogen (secondary N) is 2. The molecule has 1 aliphatic heterocycles. The number of halogens is 2. The molecule has 0 bridgehead atoms. The second kappa shape index (κ2) is 5.99. The predicted octanol–water partition coefficient (Wildman–Crippen LogP) is 0.849. The van der Waals surface area contributed by atoms with Gasteiger partial charge in [0.15, 0.2) is 0 Å². The van der Waals surface area contributed by atoms with Gasteiger partial charge in [0.1, 0.15) is 5.82 Å². The number of nitrogens with zero attached hydrogens (tertiary/aromatic N) is 1. The number of piperazine rings is 1. The van der Waals surface area contributed by atoms with Crippen LogP contribution in [0.4, 0.5) is 10.1 Å². The zero-order valence-corrected chi connectivity index (χ0v) is 10.8. The van der Waals surface area contributed by atoms with Crippen molar-refractivity contribution in [3.63, 3.8) is 0 Å². The van der Waals surface area contributed by atoms with Crippen LogP contribution in [0.3, 0.4) is 0 Å². The molecule has 0 saturated carbocycles. The molecule has 1 saturated heterocycles. The van der Waals surface area contributed by atoms with Gasteiger partial charge < -0.3 is 15.5 Å². The van der Waals surface area contributed by atoms with Crippen LogP contribution in [0.1, 0.15) is 0 Å². The van der Waals surface area contributed by atoms with Gasteiger partial charge in [-0.3, -0.25) is 9.59 Å². The smallest absolute Gasteiger partial charge is 0.313 e. The predicted molar refractivity (Wildman–Crippen MR) is 69.5 cm³/mol. The summed E-state index contributed by atoms with van der Waals surface area (Å²) >= 11 is 5.53. The Morgan fingerprint density at radius 2 is 2.00 bits per heavy atom. The van der Waals surface area contributed by atoms with E-state index in [4.69, 9.17) is 11.6 Å². The zero-order valence-electron chi connectivity index (χ0n) is 10.1. The van der Waals surface area contributed by atoms with Crippen molar-refractivity contribution < 1.29 is 14.0 Å². The van der Waals surface area contributed by atoms with E-state index in [2.05, 4.69) is 10.6 Å². The van der Waals surface area contributed by atoms with E-state index in [9.17, 15) is 14.0 Å². The summed E-state index contributed by atoms with van der Waals surface area (Å²) < 4.78 is 13.2. The highest BCUT2D eigenvalue weighted by Gasteiger charge is 2.23. The molecule has 19 heavy (non-hydrogen) atoms. The van der Waals surface area contributed by atoms with Gasteiger partial charge in [-0.15, -0.1) is 0 Å². The van der Waals surface area contributed by atoms with Crippen molar-refractivity contribution in [2.45, 2.75) is 0 Å². The van der Waals surface area contributed by atoms with Crippen LogP contribution in [0.25, 0.3) is 0 Å². The Balaban J connectivity index is 1.99. The van der Waals surface area contributed by atoms with Crippen molar-refractivity contribution in [2.24, 2.45) is 0 Å². The van der Waals surface area contributed by atoms with Gasteiger partial charge in [0, 0.05) is 31.9 Å². The highest BCUT2D eigenvalue weighted by molar-refractivity contribution is 6.39. The summed E-state index contributed by atoms with van der Waals surface area (Å²) in [6.45, 7) is 2.30. The molecule has 1 aromatic carbocycles. The molecule has 0 spiro atoms. The van der Waals surface area contributed by atoms with E-state index in [0.717, 1.165) is 6.07 Å². The third-order valence-corrected chi connectivity index (χ3v) is 3.08. The second-order valence-electron chi connectivity index (χ2n) is 4.13. The molecular weight excluding hydrogens is 273 g/mol. The van der Waals surface area contributed by atoms with Gasteiger partial charge in [0.05, 0.1) is 5.02 Å². The third-order valence-electron chi connectivity index (χ3n) is 2.78. The molecule has 1 aromatic rings. The van der Waals surface area contributed by atoms with E-state index in [1.54, 1.807) is 0 Å². The fourth-order valence-corrected chi connectivity index (χ4v) is 1.89. The molecule has 2 amide bonds. The number of anilines is 1. The standard InChI is InChI=1S/C12H13ClFN3O2/c13-9-2-1-8(7-10(9)14)16-11(18)12(19)17-5-3-15-4-6-17/h1-2,7,15H,3-6H2,(H,16,18). The second-order valence-corrected chi connectivity index (χ2v) is 4.53. The SMILES string of the molecule is O=C(Nc1ccc(Cl)c(F)c1)C(=O)N1CCNCC1. The Morgan fingerprint density at radius 1 is 1.32 bits per heavy atom. The van der Waals surface area contributed by atoms with Crippen LogP contribution < -0.4 is 10.6 Å². The normalized spacial score (nSPS) is 15.2. The van der Waals surface area contributed by atoms with E-state index in [1.165, 1.54) is 17.0 Å². The number of rotatable bonds is 1. The maximum atomic E-state index is 13.2. The monoisotopic (exact) mass is 285 g/mol. The molecule has 102 valence electrons. The molecule has 0 atom stereocenters. The van der Waals surface area contributed by atoms with Crippen molar-refractivity contribution >= 4 is 29.1 Å². The summed E-state index contributed by atoms with van der Waals surface area (Å²) in [5, 5.41) is 5.40. The number of amides is 2. The summed E-state index contributed by atoms with van der Waals surface area (Å²) in [6.07, 6.45) is 0. The number of carbonyl (C=O) groups excluding carboxylic acids is 2. The Morgan fingerprint density at radius 3 is 2.63 bits per heavy atom. The van der Waals surface area contributed by atoms with E-state index < -0.39 is 17.6 Å². The Bertz CT molecular complexity index is 504. The lowest BCUT2D eigenvalue weighted by Crippen LogP contribution is -2.49. The molecule has 0 aromatic heterocycles. The van der Waals surface area contributed by atoms with Gasteiger partial charge in [-0.05, 0) is 18.2 Å². The molecule has 7 heteroatoms. The van der Waals surface area contributed by atoms with Crippen LogP contribution in [-0.4, -0.2) is 42.9 Å². The fraction of sp³-hybridized carbons (Fsp3) is 0.333. The van der Waals surface area contributed by atoms with Crippen molar-refractivity contribution in [1.82, 2.24) is 10.2 Å². The van der Waals surface area contributed by atoms with Crippen LogP contribution in [0.2, 0.25) is 5.02 Å². The molecule has 0 unspecified atom stereocenters. The lowest BCUT2D eigenvalue weighted by atomic mass is 10.3. The fourth-order valence-electron chi connectivity index (χ4n) is 1.77. The van der Waals surface area contributed by atoms with Crippen molar-refractivity contribution in [1.29, 1.82) is 0 Å². The minimum atomic E-state index is -0.774. The Labute approximate surface area is 114 Å². The summed E-state index contributed by atoms with van der Waals surface area (Å²) in [7, 11) is 0. The van der Waals surface area contributed by atoms with Crippen molar-refractivity contribution in [2.75, 3.05) is 31.5 Å². The summed E-state index contributed by atoms with van der Waals surface area (Å²) in [6, 6.07) is 3.83. The average Bonchev–Trinajstić information content (AvgIpc) is 2.43. The topological polar surface area (TPSA) is 61.4 Å². The molecule has 5 nitrogen and oxygen atoms in total. The molecule has 0 aliphatic carbocycles. The molecular formula is C12H13ClFN3O2. The van der Waals surface area contributed by atoms with Crippen molar-refractivity contribution in [3.05, 3.63) is 29.0 Å². The van der Waals surface area contributed by atoms with E-state index >= 15 is 0 Å². The molecule has 1 fully saturated rings. The van der Waals surface area contributed by atoms with Gasteiger partial charge in [0.25, 0.3) is 0 Å². The van der Waals surface area contributed by atoms with Crippen LogP contribution in [0.5, 0.6) is 0 Å². The first-order chi connectivity index (χ1) is 9.08. The number of benzene rings is 1. The van der Waals surface area contributed by atoms with Crippen LogP contribution in [0, 0.1) is 5.82 Å². The van der Waals surface area contributed by atoms with Gasteiger partial charge in [-0.25, -0.2) is 4.39 Å².